The largest absolute Gasteiger partial charge is 0.496 e. The van der Waals surface area contributed by atoms with Crippen molar-refractivity contribution in [3.63, 3.8) is 0 Å². The molecule has 6 nitrogen and oxygen atoms in total. The summed E-state index contributed by atoms with van der Waals surface area (Å²) in [5.41, 5.74) is 4.62. The lowest BCUT2D eigenvalue weighted by molar-refractivity contribution is 0.0948. The van der Waals surface area contributed by atoms with Crippen LogP contribution in [0.3, 0.4) is 0 Å². The molecule has 2 aromatic carbocycles. The number of likely N-dealkylation sites (tertiary alicyclic amines) is 1. The van der Waals surface area contributed by atoms with Crippen LogP contribution in [0.1, 0.15) is 63.9 Å². The fourth-order valence-corrected chi connectivity index (χ4v) is 4.56. The zero-order valence-electron chi connectivity index (χ0n) is 19.7. The fraction of sp³-hybridized carbons (Fsp3) is 0.370. The van der Waals surface area contributed by atoms with E-state index >= 15 is 0 Å². The number of ether oxygens (including phenoxy) is 1. The van der Waals surface area contributed by atoms with Gasteiger partial charge < -0.3 is 10.1 Å². The zero-order chi connectivity index (χ0) is 23.2. The second-order valence-electron chi connectivity index (χ2n) is 8.64. The number of hydrogen-bond acceptors (Lipinski definition) is 5. The molecule has 1 amide bonds. The first-order chi connectivity index (χ1) is 16.1. The third-order valence-corrected chi connectivity index (χ3v) is 6.32. The van der Waals surface area contributed by atoms with Crippen molar-refractivity contribution >= 4 is 5.91 Å². The van der Waals surface area contributed by atoms with Gasteiger partial charge in [0.25, 0.3) is 5.91 Å². The minimum atomic E-state index is -0.145. The van der Waals surface area contributed by atoms with Gasteiger partial charge in [-0.05, 0) is 44.4 Å². The van der Waals surface area contributed by atoms with Crippen molar-refractivity contribution in [3.8, 4) is 5.75 Å². The van der Waals surface area contributed by atoms with Crippen LogP contribution in [0.5, 0.6) is 5.75 Å². The molecule has 0 radical (unpaired) electrons. The molecule has 0 spiro atoms. The summed E-state index contributed by atoms with van der Waals surface area (Å²) in [7, 11) is 1.73. The maximum Gasteiger partial charge on any atom is 0.254 e. The Morgan fingerprint density at radius 2 is 1.94 bits per heavy atom. The first kappa shape index (κ1) is 22.9. The summed E-state index contributed by atoms with van der Waals surface area (Å²) >= 11 is 0. The maximum atomic E-state index is 12.7. The number of piperidine rings is 1. The van der Waals surface area contributed by atoms with E-state index in [0.717, 1.165) is 55.1 Å². The second kappa shape index (κ2) is 10.6. The number of rotatable bonds is 7. The molecule has 1 fully saturated rings. The Morgan fingerprint density at radius 3 is 2.70 bits per heavy atom. The molecule has 33 heavy (non-hydrogen) atoms. The molecule has 3 aromatic rings. The first-order valence-corrected chi connectivity index (χ1v) is 11.6. The lowest BCUT2D eigenvalue weighted by atomic mass is 9.99. The minimum Gasteiger partial charge on any atom is -0.496 e. The number of nitrogens with one attached hydrogen (secondary N) is 1. The predicted octanol–water partition coefficient (Wildman–Crippen LogP) is 4.76. The molecule has 1 unspecified atom stereocenters. The smallest absolute Gasteiger partial charge is 0.254 e. The van der Waals surface area contributed by atoms with Crippen LogP contribution in [0.2, 0.25) is 0 Å². The van der Waals surface area contributed by atoms with Gasteiger partial charge in [-0.2, -0.15) is 0 Å². The van der Waals surface area contributed by atoms with Gasteiger partial charge in [0.2, 0.25) is 0 Å². The number of carbonyl (C=O) groups is 1. The molecule has 1 N–H and O–H groups in total. The van der Waals surface area contributed by atoms with Crippen LogP contribution in [0.4, 0.5) is 0 Å². The van der Waals surface area contributed by atoms with Gasteiger partial charge in [-0.15, -0.1) is 0 Å². The van der Waals surface area contributed by atoms with E-state index in [0.29, 0.717) is 17.8 Å². The maximum absolute atomic E-state index is 12.7. The van der Waals surface area contributed by atoms with Crippen LogP contribution in [-0.2, 0) is 13.1 Å². The van der Waals surface area contributed by atoms with Gasteiger partial charge in [0.05, 0.1) is 24.4 Å². The molecular weight excluding hydrogens is 412 g/mol. The Kier molecular flexibility index (Phi) is 7.35. The molecule has 6 heteroatoms. The Morgan fingerprint density at radius 1 is 1.12 bits per heavy atom. The molecule has 0 bridgehead atoms. The van der Waals surface area contributed by atoms with E-state index in [1.54, 1.807) is 13.3 Å². The van der Waals surface area contributed by atoms with E-state index in [1.165, 1.54) is 5.56 Å². The molecule has 1 saturated heterocycles. The number of aromatic nitrogens is 2. The normalized spacial score (nSPS) is 16.4. The molecule has 1 atom stereocenters. The Balaban J connectivity index is 1.49. The average Bonchev–Trinajstić information content (AvgIpc) is 2.84. The van der Waals surface area contributed by atoms with Gasteiger partial charge in [-0.3, -0.25) is 9.69 Å². The van der Waals surface area contributed by atoms with Gasteiger partial charge in [-0.1, -0.05) is 55.0 Å². The zero-order valence-corrected chi connectivity index (χ0v) is 19.7. The summed E-state index contributed by atoms with van der Waals surface area (Å²) in [6.07, 6.45) is 4.99. The number of amides is 1. The van der Waals surface area contributed by atoms with Crippen LogP contribution in [0.15, 0.2) is 54.7 Å². The van der Waals surface area contributed by atoms with Crippen molar-refractivity contribution in [3.05, 3.63) is 88.5 Å². The average molecular weight is 445 g/mol. The number of aryl methyl sites for hydroxylation is 2. The van der Waals surface area contributed by atoms with Crippen LogP contribution < -0.4 is 10.1 Å². The quantitative estimate of drug-likeness (QED) is 0.569. The fourth-order valence-electron chi connectivity index (χ4n) is 4.56. The minimum absolute atomic E-state index is 0.129. The standard InChI is InChI=1S/C27H32N4O2/c1-19-10-9-13-22(25(19)33-3)18-31-15-8-7-14-24(31)26-28-17-23(20(2)30-26)27(32)29-16-21-11-5-4-6-12-21/h4-6,9-13,17,24H,7-8,14-16,18H2,1-3H3,(H,29,32). The van der Waals surface area contributed by atoms with Gasteiger partial charge in [-0.25, -0.2) is 9.97 Å². The summed E-state index contributed by atoms with van der Waals surface area (Å²) in [6, 6.07) is 16.3. The topological polar surface area (TPSA) is 67.3 Å². The number of hydrogen-bond donors (Lipinski definition) is 1. The summed E-state index contributed by atoms with van der Waals surface area (Å²) in [6.45, 7) is 6.22. The van der Waals surface area contributed by atoms with Crippen LogP contribution >= 0.6 is 0 Å². The molecule has 0 aliphatic carbocycles. The van der Waals surface area contributed by atoms with Gasteiger partial charge in [0, 0.05) is 24.8 Å². The number of para-hydroxylation sites is 1. The van der Waals surface area contributed by atoms with Crippen molar-refractivity contribution in [2.45, 2.75) is 52.2 Å². The summed E-state index contributed by atoms with van der Waals surface area (Å²) in [4.78, 5) is 24.6. The highest BCUT2D eigenvalue weighted by molar-refractivity contribution is 5.94. The van der Waals surface area contributed by atoms with Crippen LogP contribution in [-0.4, -0.2) is 34.4 Å². The summed E-state index contributed by atoms with van der Waals surface area (Å²) < 4.78 is 5.67. The highest BCUT2D eigenvalue weighted by Crippen LogP contribution is 2.33. The third-order valence-electron chi connectivity index (χ3n) is 6.32. The first-order valence-electron chi connectivity index (χ1n) is 11.6. The van der Waals surface area contributed by atoms with Gasteiger partial charge >= 0.3 is 0 Å². The van der Waals surface area contributed by atoms with Crippen LogP contribution in [0.25, 0.3) is 0 Å². The Bertz CT molecular complexity index is 1100. The van der Waals surface area contributed by atoms with Crippen molar-refractivity contribution in [2.75, 3.05) is 13.7 Å². The Labute approximate surface area is 196 Å². The lowest BCUT2D eigenvalue weighted by Gasteiger charge is -2.35. The van der Waals surface area contributed by atoms with E-state index in [-0.39, 0.29) is 11.9 Å². The molecule has 1 aromatic heterocycles. The van der Waals surface area contributed by atoms with E-state index in [9.17, 15) is 4.79 Å². The van der Waals surface area contributed by atoms with Crippen molar-refractivity contribution in [1.29, 1.82) is 0 Å². The molecule has 1 aliphatic heterocycles. The SMILES string of the molecule is COc1c(C)cccc1CN1CCCCC1c1ncc(C(=O)NCc2ccccc2)c(C)n1. The molecule has 0 saturated carbocycles. The highest BCUT2D eigenvalue weighted by Gasteiger charge is 2.28. The second-order valence-corrected chi connectivity index (χ2v) is 8.64. The molecule has 2 heterocycles. The van der Waals surface area contributed by atoms with Gasteiger partial charge in [0.15, 0.2) is 0 Å². The molecule has 4 rings (SSSR count). The number of carbonyl (C=O) groups excluding carboxylic acids is 1. The van der Waals surface area contributed by atoms with E-state index in [2.05, 4.69) is 40.3 Å². The molecule has 1 aliphatic rings. The predicted molar refractivity (Wildman–Crippen MR) is 129 cm³/mol. The van der Waals surface area contributed by atoms with Crippen molar-refractivity contribution < 1.29 is 9.53 Å². The molecule has 172 valence electrons. The van der Waals surface area contributed by atoms with E-state index in [1.807, 2.05) is 37.3 Å². The number of methoxy groups -OCH3 is 1. The van der Waals surface area contributed by atoms with E-state index < -0.39 is 0 Å². The van der Waals surface area contributed by atoms with Crippen LogP contribution in [0, 0.1) is 13.8 Å². The number of benzene rings is 2. The van der Waals surface area contributed by atoms with E-state index in [4.69, 9.17) is 9.72 Å². The lowest BCUT2D eigenvalue weighted by Crippen LogP contribution is -2.34. The third kappa shape index (κ3) is 5.40. The monoisotopic (exact) mass is 444 g/mol. The number of nitrogens with zero attached hydrogens (tertiary/aromatic N) is 3. The van der Waals surface area contributed by atoms with Crippen molar-refractivity contribution in [2.24, 2.45) is 0 Å². The molecular formula is C27H32N4O2. The van der Waals surface area contributed by atoms with Gasteiger partial charge in [0.1, 0.15) is 11.6 Å². The summed E-state index contributed by atoms with van der Waals surface area (Å²) in [5.74, 6) is 1.59. The highest BCUT2D eigenvalue weighted by atomic mass is 16.5. The summed E-state index contributed by atoms with van der Waals surface area (Å²) in [5, 5.41) is 2.97. The Hall–Kier alpha value is -3.25. The van der Waals surface area contributed by atoms with Crippen molar-refractivity contribution in [1.82, 2.24) is 20.2 Å².